The molecule has 0 amide bonds. The quantitative estimate of drug-likeness (QED) is 0.827. The second-order valence-corrected chi connectivity index (χ2v) is 4.77. The lowest BCUT2D eigenvalue weighted by atomic mass is 10.0. The maximum absolute atomic E-state index is 5.98. The van der Waals surface area contributed by atoms with Gasteiger partial charge in [-0.25, -0.2) is 0 Å². The van der Waals surface area contributed by atoms with Crippen molar-refractivity contribution in [3.63, 3.8) is 0 Å². The average Bonchev–Trinajstić information content (AvgIpc) is 2.78. The molecule has 2 heterocycles. The first kappa shape index (κ1) is 12.5. The number of hydrogen-bond donors (Lipinski definition) is 1. The van der Waals surface area contributed by atoms with Gasteiger partial charge in [0.2, 0.25) is 5.89 Å². The molecule has 6 heteroatoms. The van der Waals surface area contributed by atoms with Gasteiger partial charge in [-0.2, -0.15) is 4.98 Å². The van der Waals surface area contributed by atoms with Crippen LogP contribution in [0.25, 0.3) is 0 Å². The smallest absolute Gasteiger partial charge is 0.232 e. The van der Waals surface area contributed by atoms with E-state index in [9.17, 15) is 0 Å². The summed E-state index contributed by atoms with van der Waals surface area (Å²) >= 11 is 0. The molecule has 1 aliphatic rings. The van der Waals surface area contributed by atoms with Gasteiger partial charge in [0.15, 0.2) is 5.82 Å². The molecule has 2 atom stereocenters. The Bertz CT molecular complexity index is 347. The van der Waals surface area contributed by atoms with Gasteiger partial charge in [0.05, 0.1) is 18.6 Å². The first-order chi connectivity index (χ1) is 8.16. The number of nitrogens with zero attached hydrogens (tertiary/aromatic N) is 3. The minimum Gasteiger partial charge on any atom is -0.381 e. The van der Waals surface area contributed by atoms with Crippen molar-refractivity contribution in [2.75, 3.05) is 33.9 Å². The highest BCUT2D eigenvalue weighted by atomic mass is 16.5. The zero-order valence-electron chi connectivity index (χ0n) is 10.4. The van der Waals surface area contributed by atoms with E-state index in [0.717, 1.165) is 19.4 Å². The molecule has 0 spiro atoms. The third-order valence-corrected chi connectivity index (χ3v) is 2.86. The molecular weight excluding hydrogens is 220 g/mol. The number of likely N-dealkylation sites (N-methyl/N-ethyl adjacent to an activating group) is 1. The van der Waals surface area contributed by atoms with Crippen LogP contribution in [0.5, 0.6) is 0 Å². The maximum Gasteiger partial charge on any atom is 0.232 e. The molecule has 96 valence electrons. The van der Waals surface area contributed by atoms with Gasteiger partial charge >= 0.3 is 0 Å². The van der Waals surface area contributed by atoms with E-state index in [2.05, 4.69) is 10.1 Å². The Hall–Kier alpha value is -0.980. The van der Waals surface area contributed by atoms with Crippen molar-refractivity contribution in [2.45, 2.75) is 24.8 Å². The van der Waals surface area contributed by atoms with Crippen LogP contribution in [0.3, 0.4) is 0 Å². The summed E-state index contributed by atoms with van der Waals surface area (Å²) in [5.74, 6) is 1.48. The summed E-state index contributed by atoms with van der Waals surface area (Å²) in [7, 11) is 3.94. The summed E-state index contributed by atoms with van der Waals surface area (Å²) in [6, 6.07) is -0.202. The second kappa shape index (κ2) is 5.57. The van der Waals surface area contributed by atoms with Gasteiger partial charge in [-0.05, 0) is 26.9 Å². The lowest BCUT2D eigenvalue weighted by molar-refractivity contribution is 0.0705. The standard InChI is InChI=1S/C11H20N4O2/c1-15(2)6-9(12)10-13-11(17-14-10)8-4-3-5-16-7-8/h8-9H,3-7,12H2,1-2H3. The van der Waals surface area contributed by atoms with E-state index < -0.39 is 0 Å². The molecule has 0 aromatic carbocycles. The summed E-state index contributed by atoms with van der Waals surface area (Å²) in [4.78, 5) is 6.38. The molecule has 2 N–H and O–H groups in total. The molecule has 0 saturated carbocycles. The normalized spacial score (nSPS) is 22.9. The highest BCUT2D eigenvalue weighted by Crippen LogP contribution is 2.24. The van der Waals surface area contributed by atoms with E-state index >= 15 is 0 Å². The molecular formula is C11H20N4O2. The number of aromatic nitrogens is 2. The van der Waals surface area contributed by atoms with E-state index in [1.165, 1.54) is 0 Å². The minimum absolute atomic E-state index is 0.202. The fourth-order valence-electron chi connectivity index (χ4n) is 1.97. The Kier molecular flexibility index (Phi) is 4.09. The van der Waals surface area contributed by atoms with Crippen molar-refractivity contribution in [1.29, 1.82) is 0 Å². The van der Waals surface area contributed by atoms with Gasteiger partial charge in [0.25, 0.3) is 0 Å². The van der Waals surface area contributed by atoms with Crippen LogP contribution in [-0.4, -0.2) is 48.9 Å². The zero-order chi connectivity index (χ0) is 12.3. The fraction of sp³-hybridized carbons (Fsp3) is 0.818. The van der Waals surface area contributed by atoms with Gasteiger partial charge in [0.1, 0.15) is 0 Å². The molecule has 0 aliphatic carbocycles. The second-order valence-electron chi connectivity index (χ2n) is 4.77. The van der Waals surface area contributed by atoms with Crippen molar-refractivity contribution < 1.29 is 9.26 Å². The van der Waals surface area contributed by atoms with Gasteiger partial charge in [-0.1, -0.05) is 5.16 Å². The number of nitrogens with two attached hydrogens (primary N) is 1. The molecule has 1 aromatic heterocycles. The summed E-state index contributed by atoms with van der Waals surface area (Å²) < 4.78 is 10.7. The molecule has 1 saturated heterocycles. The topological polar surface area (TPSA) is 77.4 Å². The first-order valence-corrected chi connectivity index (χ1v) is 5.98. The van der Waals surface area contributed by atoms with Gasteiger partial charge in [-0.15, -0.1) is 0 Å². The van der Waals surface area contributed by atoms with Crippen molar-refractivity contribution in [2.24, 2.45) is 5.73 Å². The lowest BCUT2D eigenvalue weighted by Gasteiger charge is -2.18. The van der Waals surface area contributed by atoms with Crippen LogP contribution < -0.4 is 5.73 Å². The van der Waals surface area contributed by atoms with Crippen LogP contribution in [0.1, 0.15) is 36.5 Å². The van der Waals surface area contributed by atoms with Gasteiger partial charge < -0.3 is 19.9 Å². The third-order valence-electron chi connectivity index (χ3n) is 2.86. The van der Waals surface area contributed by atoms with Crippen molar-refractivity contribution in [3.05, 3.63) is 11.7 Å². The molecule has 6 nitrogen and oxygen atoms in total. The number of rotatable bonds is 4. The largest absolute Gasteiger partial charge is 0.381 e. The van der Waals surface area contributed by atoms with Crippen molar-refractivity contribution >= 4 is 0 Å². The Morgan fingerprint density at radius 2 is 2.35 bits per heavy atom. The number of ether oxygens (including phenoxy) is 1. The van der Waals surface area contributed by atoms with Crippen LogP contribution >= 0.6 is 0 Å². The molecule has 0 bridgehead atoms. The zero-order valence-corrected chi connectivity index (χ0v) is 10.4. The monoisotopic (exact) mass is 240 g/mol. The van der Waals surface area contributed by atoms with E-state index in [1.54, 1.807) is 0 Å². The molecule has 17 heavy (non-hydrogen) atoms. The number of hydrogen-bond acceptors (Lipinski definition) is 6. The first-order valence-electron chi connectivity index (χ1n) is 5.98. The lowest BCUT2D eigenvalue weighted by Crippen LogP contribution is -2.27. The maximum atomic E-state index is 5.98. The molecule has 2 unspecified atom stereocenters. The molecule has 1 fully saturated rings. The molecule has 1 aliphatic heterocycles. The van der Waals surface area contributed by atoms with Crippen LogP contribution in [-0.2, 0) is 4.74 Å². The van der Waals surface area contributed by atoms with E-state index in [4.69, 9.17) is 15.0 Å². The van der Waals surface area contributed by atoms with Crippen molar-refractivity contribution in [3.8, 4) is 0 Å². The summed E-state index contributed by atoms with van der Waals surface area (Å²) in [5.41, 5.74) is 5.98. The predicted molar refractivity (Wildman–Crippen MR) is 62.6 cm³/mol. The van der Waals surface area contributed by atoms with E-state index in [-0.39, 0.29) is 12.0 Å². The highest BCUT2D eigenvalue weighted by Gasteiger charge is 2.23. The minimum atomic E-state index is -0.202. The summed E-state index contributed by atoms with van der Waals surface area (Å²) in [6.45, 7) is 2.21. The van der Waals surface area contributed by atoms with E-state index in [1.807, 2.05) is 19.0 Å². The molecule has 0 radical (unpaired) electrons. The van der Waals surface area contributed by atoms with Crippen LogP contribution in [0, 0.1) is 0 Å². The van der Waals surface area contributed by atoms with Crippen molar-refractivity contribution in [1.82, 2.24) is 15.0 Å². The van der Waals surface area contributed by atoms with Crippen LogP contribution in [0.4, 0.5) is 0 Å². The Labute approximate surface area is 101 Å². The Balaban J connectivity index is 1.99. The molecule has 1 aromatic rings. The Morgan fingerprint density at radius 1 is 1.53 bits per heavy atom. The average molecular weight is 240 g/mol. The van der Waals surface area contributed by atoms with Gasteiger partial charge in [0, 0.05) is 13.2 Å². The van der Waals surface area contributed by atoms with Gasteiger partial charge in [-0.3, -0.25) is 0 Å². The fourth-order valence-corrected chi connectivity index (χ4v) is 1.97. The summed E-state index contributed by atoms with van der Waals surface area (Å²) in [5, 5.41) is 3.95. The SMILES string of the molecule is CN(C)CC(N)c1noc(C2CCCOC2)n1. The van der Waals surface area contributed by atoms with Crippen LogP contribution in [0.15, 0.2) is 4.52 Å². The third kappa shape index (κ3) is 3.24. The Morgan fingerprint density at radius 3 is 3.00 bits per heavy atom. The predicted octanol–water partition coefficient (Wildman–Crippen LogP) is 0.525. The highest BCUT2D eigenvalue weighted by molar-refractivity contribution is 4.99. The molecule has 2 rings (SSSR count). The van der Waals surface area contributed by atoms with E-state index in [0.29, 0.717) is 24.9 Å². The summed E-state index contributed by atoms with van der Waals surface area (Å²) in [6.07, 6.45) is 2.09. The van der Waals surface area contributed by atoms with Crippen LogP contribution in [0.2, 0.25) is 0 Å².